The Bertz CT molecular complexity index is 455. The van der Waals surface area contributed by atoms with E-state index in [9.17, 15) is 13.2 Å². The topological polar surface area (TPSA) is 77.0 Å². The molecule has 0 saturated carbocycles. The minimum Gasteiger partial charge on any atom is -0.300 e. The van der Waals surface area contributed by atoms with Gasteiger partial charge in [0.2, 0.25) is 15.0 Å². The highest BCUT2D eigenvalue weighted by atomic mass is 35.5. The first-order valence-electron chi connectivity index (χ1n) is 4.11. The van der Waals surface area contributed by atoms with Crippen LogP contribution in [0.2, 0.25) is 5.02 Å². The van der Waals surface area contributed by atoms with Crippen molar-refractivity contribution in [1.29, 1.82) is 0 Å². The van der Waals surface area contributed by atoms with Crippen LogP contribution in [0.4, 0.5) is 0 Å². The van der Waals surface area contributed by atoms with E-state index in [-0.39, 0.29) is 28.1 Å². The largest absolute Gasteiger partial charge is 0.300 e. The fraction of sp³-hybridized carbons (Fsp3) is 0.375. The molecule has 1 aromatic rings. The van der Waals surface area contributed by atoms with Gasteiger partial charge in [-0.05, 0) is 6.92 Å². The molecule has 0 bridgehead atoms. The molecule has 0 aromatic carbocycles. The van der Waals surface area contributed by atoms with Crippen LogP contribution in [0, 0.1) is 0 Å². The minimum absolute atomic E-state index is 0.0334. The van der Waals surface area contributed by atoms with E-state index in [0.29, 0.717) is 0 Å². The number of nitrogens with zero attached hydrogens (tertiary/aromatic N) is 2. The predicted molar refractivity (Wildman–Crippen MR) is 54.4 cm³/mol. The van der Waals surface area contributed by atoms with Crippen molar-refractivity contribution < 1.29 is 13.2 Å². The first-order valence-corrected chi connectivity index (χ1v) is 6.14. The van der Waals surface area contributed by atoms with Crippen LogP contribution in [0.1, 0.15) is 13.3 Å². The summed E-state index contributed by atoms with van der Waals surface area (Å²) in [5.74, 6) is -0.461. The molecule has 82 valence electrons. The maximum Gasteiger partial charge on any atom is 0.247 e. The minimum atomic E-state index is -3.57. The molecule has 0 N–H and O–H groups in total. The molecule has 0 amide bonds. The second-order valence-electron chi connectivity index (χ2n) is 2.95. The number of ketones is 1. The van der Waals surface area contributed by atoms with Gasteiger partial charge in [-0.3, -0.25) is 4.79 Å². The van der Waals surface area contributed by atoms with Crippen molar-refractivity contribution in [2.24, 2.45) is 0 Å². The molecule has 0 unspecified atom stereocenters. The van der Waals surface area contributed by atoms with Gasteiger partial charge in [-0.2, -0.15) is 0 Å². The molecule has 1 heterocycles. The number of rotatable bonds is 4. The average Bonchev–Trinajstić information content (AvgIpc) is 2.16. The van der Waals surface area contributed by atoms with Crippen LogP contribution < -0.4 is 0 Å². The number of carbonyl (C=O) groups excluding carboxylic acids is 1. The summed E-state index contributed by atoms with van der Waals surface area (Å²) in [5, 5.41) is -0.0336. The van der Waals surface area contributed by atoms with E-state index in [0.717, 1.165) is 0 Å². The van der Waals surface area contributed by atoms with E-state index < -0.39 is 9.84 Å². The van der Waals surface area contributed by atoms with E-state index in [1.807, 2.05) is 0 Å². The maximum atomic E-state index is 11.5. The van der Waals surface area contributed by atoms with Crippen molar-refractivity contribution in [2.75, 3.05) is 5.75 Å². The fourth-order valence-electron chi connectivity index (χ4n) is 0.830. The van der Waals surface area contributed by atoms with Gasteiger partial charge in [0.15, 0.2) is 0 Å². The second-order valence-corrected chi connectivity index (χ2v) is 5.39. The van der Waals surface area contributed by atoms with Crippen molar-refractivity contribution in [1.82, 2.24) is 9.97 Å². The lowest BCUT2D eigenvalue weighted by molar-refractivity contribution is -0.116. The van der Waals surface area contributed by atoms with E-state index in [1.165, 1.54) is 19.3 Å². The Labute approximate surface area is 92.4 Å². The Kier molecular flexibility index (Phi) is 3.76. The first kappa shape index (κ1) is 12.1. The molecule has 1 rings (SSSR count). The van der Waals surface area contributed by atoms with E-state index >= 15 is 0 Å². The smallest absolute Gasteiger partial charge is 0.247 e. The molecule has 1 aromatic heterocycles. The van der Waals surface area contributed by atoms with Crippen LogP contribution in [-0.4, -0.2) is 29.9 Å². The van der Waals surface area contributed by atoms with Crippen molar-refractivity contribution in [3.05, 3.63) is 17.4 Å². The fourth-order valence-corrected chi connectivity index (χ4v) is 2.09. The van der Waals surface area contributed by atoms with Crippen molar-refractivity contribution in [3.63, 3.8) is 0 Å². The zero-order valence-electron chi connectivity index (χ0n) is 7.97. The van der Waals surface area contributed by atoms with Gasteiger partial charge in [0.05, 0.1) is 23.2 Å². The highest BCUT2D eigenvalue weighted by Crippen LogP contribution is 2.09. The summed E-state index contributed by atoms with van der Waals surface area (Å²) < 4.78 is 23.1. The second kappa shape index (κ2) is 4.67. The Hall–Kier alpha value is -1.01. The molecular weight excluding hydrogens is 240 g/mol. The molecule has 0 saturated heterocycles. The molecule has 5 nitrogen and oxygen atoms in total. The van der Waals surface area contributed by atoms with Crippen molar-refractivity contribution in [3.8, 4) is 0 Å². The first-order chi connectivity index (χ1) is 6.92. The third kappa shape index (κ3) is 3.56. The number of aromatic nitrogens is 2. The molecule has 7 heteroatoms. The molecule has 15 heavy (non-hydrogen) atoms. The van der Waals surface area contributed by atoms with Gasteiger partial charge in [-0.25, -0.2) is 18.4 Å². The summed E-state index contributed by atoms with van der Waals surface area (Å²) in [6, 6.07) is 0. The van der Waals surface area contributed by atoms with Crippen LogP contribution in [0.15, 0.2) is 17.6 Å². The van der Waals surface area contributed by atoms with Gasteiger partial charge in [-0.1, -0.05) is 11.6 Å². The van der Waals surface area contributed by atoms with Crippen LogP contribution in [0.3, 0.4) is 0 Å². The summed E-state index contributed by atoms with van der Waals surface area (Å²) in [6.45, 7) is 1.33. The molecule has 0 aliphatic rings. The van der Waals surface area contributed by atoms with Crippen molar-refractivity contribution in [2.45, 2.75) is 18.5 Å². The molecule has 0 spiro atoms. The Morgan fingerprint density at radius 1 is 1.40 bits per heavy atom. The summed E-state index contributed by atoms with van der Waals surface area (Å²) in [6.07, 6.45) is 2.37. The number of carbonyl (C=O) groups is 1. The number of hydrogen-bond acceptors (Lipinski definition) is 5. The summed E-state index contributed by atoms with van der Waals surface area (Å²) in [7, 11) is -3.57. The zero-order valence-corrected chi connectivity index (χ0v) is 9.55. The number of sulfone groups is 1. The van der Waals surface area contributed by atoms with Gasteiger partial charge in [-0.15, -0.1) is 0 Å². The summed E-state index contributed by atoms with van der Waals surface area (Å²) in [5.41, 5.74) is 0. The van der Waals surface area contributed by atoms with Gasteiger partial charge in [0.1, 0.15) is 5.78 Å². The third-order valence-corrected chi connectivity index (χ3v) is 3.30. The molecular formula is C8H9ClN2O3S. The molecule has 0 fully saturated rings. The summed E-state index contributed by atoms with van der Waals surface area (Å²) >= 11 is 5.52. The van der Waals surface area contributed by atoms with E-state index in [4.69, 9.17) is 11.6 Å². The van der Waals surface area contributed by atoms with Gasteiger partial charge in [0, 0.05) is 6.42 Å². The maximum absolute atomic E-state index is 11.5. The molecule has 0 atom stereocenters. The quantitative estimate of drug-likeness (QED) is 0.740. The van der Waals surface area contributed by atoms with E-state index in [2.05, 4.69) is 9.97 Å². The SMILES string of the molecule is CC(=O)CCS(=O)(=O)c1ncc(Cl)cn1. The van der Waals surface area contributed by atoms with Crippen LogP contribution in [-0.2, 0) is 14.6 Å². The standard InChI is InChI=1S/C8H9ClN2O3S/c1-6(12)2-3-15(13,14)8-10-4-7(9)5-11-8/h4-5H,2-3H2,1H3. The molecule has 0 radical (unpaired) electrons. The highest BCUT2D eigenvalue weighted by Gasteiger charge is 2.18. The van der Waals surface area contributed by atoms with Crippen LogP contribution >= 0.6 is 11.6 Å². The predicted octanol–water partition coefficient (Wildman–Crippen LogP) is 0.883. The third-order valence-electron chi connectivity index (χ3n) is 1.60. The molecule has 0 aliphatic carbocycles. The number of Topliss-reactive ketones (excluding diaryl/α,β-unsaturated/α-hetero) is 1. The lowest BCUT2D eigenvalue weighted by Gasteiger charge is -2.00. The lowest BCUT2D eigenvalue weighted by Crippen LogP contribution is -2.12. The number of hydrogen-bond donors (Lipinski definition) is 0. The lowest BCUT2D eigenvalue weighted by atomic mass is 10.4. The Morgan fingerprint density at radius 2 is 1.93 bits per heavy atom. The normalized spacial score (nSPS) is 11.3. The Balaban J connectivity index is 2.87. The average molecular weight is 249 g/mol. The summed E-state index contributed by atoms with van der Waals surface area (Å²) in [4.78, 5) is 17.8. The van der Waals surface area contributed by atoms with Gasteiger partial charge < -0.3 is 0 Å². The van der Waals surface area contributed by atoms with Crippen LogP contribution in [0.5, 0.6) is 0 Å². The Morgan fingerprint density at radius 3 is 2.40 bits per heavy atom. The van der Waals surface area contributed by atoms with Crippen molar-refractivity contribution >= 4 is 27.2 Å². The van der Waals surface area contributed by atoms with Gasteiger partial charge in [0.25, 0.3) is 0 Å². The molecule has 0 aliphatic heterocycles. The highest BCUT2D eigenvalue weighted by molar-refractivity contribution is 7.91. The van der Waals surface area contributed by atoms with E-state index in [1.54, 1.807) is 0 Å². The van der Waals surface area contributed by atoms with Gasteiger partial charge >= 0.3 is 0 Å². The zero-order chi connectivity index (χ0) is 11.5. The van der Waals surface area contributed by atoms with Crippen LogP contribution in [0.25, 0.3) is 0 Å². The monoisotopic (exact) mass is 248 g/mol. The number of halogens is 1.